The van der Waals surface area contributed by atoms with Gasteiger partial charge < -0.3 is 24.6 Å². The Labute approximate surface area is 248 Å². The van der Waals surface area contributed by atoms with Crippen molar-refractivity contribution in [1.82, 2.24) is 9.88 Å². The summed E-state index contributed by atoms with van der Waals surface area (Å²) in [5.41, 5.74) is 3.48. The first-order valence-electron chi connectivity index (χ1n) is 15.3. The summed E-state index contributed by atoms with van der Waals surface area (Å²) in [6.45, 7) is 8.43. The number of carboxylic acids is 1. The molecule has 1 saturated heterocycles. The van der Waals surface area contributed by atoms with Crippen LogP contribution in [0.25, 0.3) is 0 Å². The molecule has 1 aliphatic carbocycles. The number of halogens is 1. The van der Waals surface area contributed by atoms with Gasteiger partial charge in [0.05, 0.1) is 33.5 Å². The van der Waals surface area contributed by atoms with E-state index in [1.54, 1.807) is 6.07 Å². The molecular weight excluding hydrogens is 537 g/mol. The van der Waals surface area contributed by atoms with Crippen LogP contribution in [0.4, 0.5) is 10.2 Å². The SMILES string of the molecule is COc1c(F)cc(C(C)C)cc1C(C(=O)O)N1CCC2C(C=C[C@@H]2COCCOCCc2ccc3c(n2)NCCC3)C1. The maximum Gasteiger partial charge on any atom is 0.325 e. The number of hydrogen-bond acceptors (Lipinski definition) is 7. The number of rotatable bonds is 13. The zero-order valence-electron chi connectivity index (χ0n) is 25.0. The average Bonchev–Trinajstić information content (AvgIpc) is 3.38. The topological polar surface area (TPSA) is 93.2 Å². The normalized spacial score (nSPS) is 22.5. The lowest BCUT2D eigenvalue weighted by Crippen LogP contribution is -2.45. The van der Waals surface area contributed by atoms with Gasteiger partial charge >= 0.3 is 5.97 Å². The van der Waals surface area contributed by atoms with Crippen LogP contribution >= 0.6 is 0 Å². The number of ether oxygens (including phenoxy) is 3. The fraction of sp³-hybridized carbons (Fsp3) is 0.576. The molecule has 2 aromatic rings. The Morgan fingerprint density at radius 2 is 2.02 bits per heavy atom. The molecule has 228 valence electrons. The molecule has 2 N–H and O–H groups in total. The van der Waals surface area contributed by atoms with Gasteiger partial charge in [0.15, 0.2) is 11.6 Å². The minimum Gasteiger partial charge on any atom is -0.493 e. The zero-order valence-corrected chi connectivity index (χ0v) is 25.0. The number of fused-ring (bicyclic) bond motifs is 2. The molecule has 1 aromatic carbocycles. The van der Waals surface area contributed by atoms with Crippen molar-refractivity contribution in [2.24, 2.45) is 17.8 Å². The highest BCUT2D eigenvalue weighted by Gasteiger charge is 2.41. The van der Waals surface area contributed by atoms with E-state index in [0.717, 1.165) is 49.3 Å². The molecule has 0 amide bonds. The van der Waals surface area contributed by atoms with Crippen LogP contribution in [0.2, 0.25) is 0 Å². The number of methoxy groups -OCH3 is 1. The number of piperidine rings is 1. The first-order valence-corrected chi connectivity index (χ1v) is 15.3. The molecule has 5 rings (SSSR count). The third-order valence-electron chi connectivity index (χ3n) is 8.90. The van der Waals surface area contributed by atoms with Crippen LogP contribution in [0.5, 0.6) is 5.75 Å². The van der Waals surface area contributed by atoms with E-state index in [0.29, 0.717) is 56.9 Å². The van der Waals surface area contributed by atoms with E-state index >= 15 is 0 Å². The number of carboxylic acid groups (broad SMARTS) is 1. The summed E-state index contributed by atoms with van der Waals surface area (Å²) in [4.78, 5) is 19.2. The maximum absolute atomic E-state index is 14.9. The first-order chi connectivity index (χ1) is 20.4. The quantitative estimate of drug-likeness (QED) is 0.245. The summed E-state index contributed by atoms with van der Waals surface area (Å²) < 4.78 is 32.0. The molecule has 42 heavy (non-hydrogen) atoms. The van der Waals surface area contributed by atoms with Crippen LogP contribution in [0, 0.1) is 23.6 Å². The molecule has 0 spiro atoms. The highest BCUT2D eigenvalue weighted by Crippen LogP contribution is 2.42. The molecule has 0 bridgehead atoms. The van der Waals surface area contributed by atoms with E-state index in [2.05, 4.69) is 29.6 Å². The Morgan fingerprint density at radius 3 is 2.81 bits per heavy atom. The van der Waals surface area contributed by atoms with Crippen molar-refractivity contribution in [2.75, 3.05) is 58.5 Å². The number of nitrogens with zero attached hydrogens (tertiary/aromatic N) is 2. The van der Waals surface area contributed by atoms with Crippen LogP contribution in [0.3, 0.4) is 0 Å². The van der Waals surface area contributed by atoms with Crippen molar-refractivity contribution < 1.29 is 28.5 Å². The third kappa shape index (κ3) is 6.96. The Bertz CT molecular complexity index is 1270. The second-order valence-corrected chi connectivity index (χ2v) is 12.0. The number of hydrogen-bond donors (Lipinski definition) is 2. The lowest BCUT2D eigenvalue weighted by atomic mass is 9.81. The van der Waals surface area contributed by atoms with Gasteiger partial charge in [-0.3, -0.25) is 9.69 Å². The van der Waals surface area contributed by atoms with Crippen molar-refractivity contribution in [3.05, 3.63) is 64.6 Å². The molecule has 4 atom stereocenters. The summed E-state index contributed by atoms with van der Waals surface area (Å²) in [6, 6.07) is 6.53. The Balaban J connectivity index is 1.08. The molecule has 3 heterocycles. The van der Waals surface area contributed by atoms with Gasteiger partial charge in [-0.1, -0.05) is 32.1 Å². The molecule has 0 radical (unpaired) electrons. The van der Waals surface area contributed by atoms with Crippen LogP contribution < -0.4 is 10.1 Å². The highest BCUT2D eigenvalue weighted by molar-refractivity contribution is 5.77. The average molecular weight is 582 g/mol. The third-order valence-corrected chi connectivity index (χ3v) is 8.90. The van der Waals surface area contributed by atoms with E-state index in [4.69, 9.17) is 19.2 Å². The highest BCUT2D eigenvalue weighted by atomic mass is 19.1. The van der Waals surface area contributed by atoms with Gasteiger partial charge in [-0.05, 0) is 72.9 Å². The Hall–Kier alpha value is -3.01. The summed E-state index contributed by atoms with van der Waals surface area (Å²) in [6.07, 6.45) is 8.28. The van der Waals surface area contributed by atoms with E-state index < -0.39 is 17.8 Å². The number of anilines is 1. The maximum atomic E-state index is 14.9. The number of likely N-dealkylation sites (tertiary alicyclic amines) is 1. The van der Waals surface area contributed by atoms with Gasteiger partial charge in [0, 0.05) is 36.7 Å². The number of benzene rings is 1. The molecule has 9 heteroatoms. The first kappa shape index (κ1) is 30.4. The molecule has 1 fully saturated rings. The van der Waals surface area contributed by atoms with Crippen molar-refractivity contribution in [1.29, 1.82) is 0 Å². The van der Waals surface area contributed by atoms with Crippen LogP contribution in [-0.2, 0) is 27.1 Å². The van der Waals surface area contributed by atoms with Gasteiger partial charge in [0.25, 0.3) is 0 Å². The Morgan fingerprint density at radius 1 is 1.19 bits per heavy atom. The minimum absolute atomic E-state index is 0.0142. The second-order valence-electron chi connectivity index (χ2n) is 12.0. The van der Waals surface area contributed by atoms with Crippen molar-refractivity contribution in [3.8, 4) is 5.75 Å². The predicted molar refractivity (Wildman–Crippen MR) is 160 cm³/mol. The number of aryl methyl sites for hydroxylation is 1. The molecule has 8 nitrogen and oxygen atoms in total. The number of aliphatic carboxylic acids is 1. The Kier molecular flexibility index (Phi) is 10.1. The zero-order chi connectivity index (χ0) is 29.6. The molecule has 1 aromatic heterocycles. The smallest absolute Gasteiger partial charge is 0.325 e. The summed E-state index contributed by atoms with van der Waals surface area (Å²) in [5, 5.41) is 13.6. The van der Waals surface area contributed by atoms with Crippen LogP contribution in [0.1, 0.15) is 61.0 Å². The molecule has 3 aliphatic rings. The van der Waals surface area contributed by atoms with Gasteiger partial charge in [0.1, 0.15) is 11.9 Å². The van der Waals surface area contributed by atoms with Crippen LogP contribution in [0.15, 0.2) is 36.4 Å². The largest absolute Gasteiger partial charge is 0.493 e. The van der Waals surface area contributed by atoms with Crippen LogP contribution in [-0.4, -0.2) is 74.1 Å². The van der Waals surface area contributed by atoms with E-state index in [9.17, 15) is 14.3 Å². The van der Waals surface area contributed by atoms with Crippen molar-refractivity contribution >= 4 is 11.8 Å². The fourth-order valence-corrected chi connectivity index (χ4v) is 6.60. The summed E-state index contributed by atoms with van der Waals surface area (Å²) >= 11 is 0. The van der Waals surface area contributed by atoms with Gasteiger partial charge in [-0.15, -0.1) is 0 Å². The van der Waals surface area contributed by atoms with Gasteiger partial charge in [-0.2, -0.15) is 0 Å². The van der Waals surface area contributed by atoms with E-state index in [1.807, 2.05) is 18.7 Å². The van der Waals surface area contributed by atoms with Gasteiger partial charge in [0.2, 0.25) is 0 Å². The predicted octanol–water partition coefficient (Wildman–Crippen LogP) is 5.24. The lowest BCUT2D eigenvalue weighted by molar-refractivity contribution is -0.144. The second kappa shape index (κ2) is 14.0. The van der Waals surface area contributed by atoms with Crippen molar-refractivity contribution in [2.45, 2.75) is 51.5 Å². The fourth-order valence-electron chi connectivity index (χ4n) is 6.60. The standard InChI is InChI=1S/C33H44FN3O5/c1-21(2)25-17-28(31(40-3)29(34)18-25)30(33(38)39)37-13-10-27-23(19-37)6-7-24(27)20-42-16-15-41-14-11-26-9-8-22-5-4-12-35-32(22)36-26/h6-9,17-18,21,23-24,27,30H,4-5,10-16,19-20H2,1-3H3,(H,35,36)(H,38,39)/t23?,24-,27?,30?/m1/s1. The minimum atomic E-state index is -0.993. The number of pyridine rings is 1. The molecule has 2 aliphatic heterocycles. The number of nitrogens with one attached hydrogen (secondary N) is 1. The molecular formula is C33H44FN3O5. The number of aromatic nitrogens is 1. The molecule has 3 unspecified atom stereocenters. The lowest BCUT2D eigenvalue weighted by Gasteiger charge is -2.40. The monoisotopic (exact) mass is 581 g/mol. The summed E-state index contributed by atoms with van der Waals surface area (Å²) in [5.74, 6) is 0.515. The summed E-state index contributed by atoms with van der Waals surface area (Å²) in [7, 11) is 1.39. The van der Waals surface area contributed by atoms with Crippen molar-refractivity contribution in [3.63, 3.8) is 0 Å². The number of carbonyl (C=O) groups is 1. The van der Waals surface area contributed by atoms with E-state index in [-0.39, 0.29) is 17.6 Å². The van der Waals surface area contributed by atoms with Gasteiger partial charge in [-0.25, -0.2) is 9.37 Å². The molecule has 0 saturated carbocycles. The van der Waals surface area contributed by atoms with E-state index in [1.165, 1.54) is 18.7 Å².